The number of ether oxygens (including phenoxy) is 1. The number of aryl methyl sites for hydroxylation is 1. The van der Waals surface area contributed by atoms with Crippen LogP contribution in [0.4, 0.5) is 0 Å². The van der Waals surface area contributed by atoms with Crippen LogP contribution in [-0.4, -0.2) is 28.5 Å². The van der Waals surface area contributed by atoms with Gasteiger partial charge in [-0.15, -0.1) is 0 Å². The lowest BCUT2D eigenvalue weighted by Crippen LogP contribution is -2.36. The number of nitrogens with zero attached hydrogens (tertiary/aromatic N) is 2. The van der Waals surface area contributed by atoms with Crippen molar-refractivity contribution >= 4 is 0 Å². The van der Waals surface area contributed by atoms with E-state index in [1.165, 1.54) is 6.42 Å². The molecule has 1 heterocycles. The van der Waals surface area contributed by atoms with Gasteiger partial charge in [0.05, 0.1) is 0 Å². The first-order valence-electron chi connectivity index (χ1n) is 7.78. The molecule has 1 aromatic rings. The summed E-state index contributed by atoms with van der Waals surface area (Å²) in [7, 11) is 0. The standard InChI is InChI=1S/C15H26N2O3/c1-3-19-15(9-6-7-12(2)11-15)14-16-13(20-17-14)8-4-5-10-18/h12,18H,3-11H2,1-2H3. The van der Waals surface area contributed by atoms with E-state index in [-0.39, 0.29) is 12.2 Å². The maximum absolute atomic E-state index is 8.81. The smallest absolute Gasteiger partial charge is 0.226 e. The summed E-state index contributed by atoms with van der Waals surface area (Å²) in [5, 5.41) is 13.0. The van der Waals surface area contributed by atoms with Gasteiger partial charge in [-0.2, -0.15) is 4.98 Å². The van der Waals surface area contributed by atoms with Gasteiger partial charge >= 0.3 is 0 Å². The third-order valence-electron chi connectivity index (χ3n) is 4.05. The minimum absolute atomic E-state index is 0.210. The zero-order chi connectivity index (χ0) is 14.4. The van der Waals surface area contributed by atoms with Crippen molar-refractivity contribution in [2.75, 3.05) is 13.2 Å². The van der Waals surface area contributed by atoms with Crippen molar-refractivity contribution in [3.8, 4) is 0 Å². The van der Waals surface area contributed by atoms with E-state index in [2.05, 4.69) is 17.1 Å². The zero-order valence-electron chi connectivity index (χ0n) is 12.6. The molecule has 5 nitrogen and oxygen atoms in total. The van der Waals surface area contributed by atoms with E-state index in [0.29, 0.717) is 24.2 Å². The van der Waals surface area contributed by atoms with Crippen LogP contribution in [0.3, 0.4) is 0 Å². The van der Waals surface area contributed by atoms with Gasteiger partial charge in [-0.05, 0) is 44.9 Å². The van der Waals surface area contributed by atoms with Gasteiger partial charge in [0.15, 0.2) is 0 Å². The summed E-state index contributed by atoms with van der Waals surface area (Å²) in [6.45, 7) is 5.15. The molecule has 20 heavy (non-hydrogen) atoms. The Hall–Kier alpha value is -0.940. The molecule has 0 spiro atoms. The van der Waals surface area contributed by atoms with Gasteiger partial charge in [0.25, 0.3) is 0 Å². The molecule has 1 fully saturated rings. The fraction of sp³-hybridized carbons (Fsp3) is 0.867. The molecule has 1 aromatic heterocycles. The minimum Gasteiger partial charge on any atom is -0.396 e. The van der Waals surface area contributed by atoms with E-state index in [9.17, 15) is 0 Å². The van der Waals surface area contributed by atoms with E-state index >= 15 is 0 Å². The van der Waals surface area contributed by atoms with Crippen molar-refractivity contribution in [2.24, 2.45) is 5.92 Å². The highest BCUT2D eigenvalue weighted by Crippen LogP contribution is 2.41. The molecular weight excluding hydrogens is 256 g/mol. The van der Waals surface area contributed by atoms with Crippen molar-refractivity contribution in [3.05, 3.63) is 11.7 Å². The Labute approximate surface area is 120 Å². The molecule has 1 aliphatic carbocycles. The first-order valence-corrected chi connectivity index (χ1v) is 7.78. The van der Waals surface area contributed by atoms with Crippen molar-refractivity contribution in [1.29, 1.82) is 0 Å². The van der Waals surface area contributed by atoms with Crippen molar-refractivity contribution in [3.63, 3.8) is 0 Å². The van der Waals surface area contributed by atoms with Gasteiger partial charge in [-0.25, -0.2) is 0 Å². The fourth-order valence-electron chi connectivity index (χ4n) is 3.11. The van der Waals surface area contributed by atoms with E-state index < -0.39 is 0 Å². The molecule has 0 saturated heterocycles. The Morgan fingerprint density at radius 2 is 2.30 bits per heavy atom. The molecular formula is C15H26N2O3. The van der Waals surface area contributed by atoms with Gasteiger partial charge in [-0.1, -0.05) is 18.5 Å². The monoisotopic (exact) mass is 282 g/mol. The van der Waals surface area contributed by atoms with Gasteiger partial charge in [0, 0.05) is 19.6 Å². The molecule has 1 saturated carbocycles. The molecule has 0 aliphatic heterocycles. The lowest BCUT2D eigenvalue weighted by molar-refractivity contribution is -0.0891. The minimum atomic E-state index is -0.356. The summed E-state index contributed by atoms with van der Waals surface area (Å²) in [6.07, 6.45) is 6.70. The molecule has 0 radical (unpaired) electrons. The van der Waals surface area contributed by atoms with Crippen molar-refractivity contribution in [1.82, 2.24) is 10.1 Å². The maximum atomic E-state index is 8.81. The highest BCUT2D eigenvalue weighted by atomic mass is 16.5. The van der Waals surface area contributed by atoms with Crippen LogP contribution in [0.15, 0.2) is 4.52 Å². The second-order valence-electron chi connectivity index (χ2n) is 5.82. The molecule has 0 aromatic carbocycles. The van der Waals surface area contributed by atoms with E-state index in [1.54, 1.807) is 0 Å². The second-order valence-corrected chi connectivity index (χ2v) is 5.82. The average molecular weight is 282 g/mol. The van der Waals surface area contributed by atoms with Gasteiger partial charge in [0.1, 0.15) is 5.60 Å². The van der Waals surface area contributed by atoms with Gasteiger partial charge < -0.3 is 14.4 Å². The van der Waals surface area contributed by atoms with Gasteiger partial charge in [-0.3, -0.25) is 0 Å². The molecule has 2 rings (SSSR count). The summed E-state index contributed by atoms with van der Waals surface area (Å²) in [4.78, 5) is 4.55. The van der Waals surface area contributed by atoms with E-state index in [0.717, 1.165) is 38.5 Å². The number of unbranched alkanes of at least 4 members (excludes halogenated alkanes) is 1. The van der Waals surface area contributed by atoms with Crippen LogP contribution in [0.5, 0.6) is 0 Å². The predicted octanol–water partition coefficient (Wildman–Crippen LogP) is 2.83. The number of rotatable bonds is 7. The second kappa shape index (κ2) is 7.18. The maximum Gasteiger partial charge on any atom is 0.226 e. The van der Waals surface area contributed by atoms with E-state index in [1.807, 2.05) is 6.92 Å². The molecule has 114 valence electrons. The number of aliphatic hydroxyl groups is 1. The Morgan fingerprint density at radius 1 is 1.45 bits per heavy atom. The van der Waals surface area contributed by atoms with Crippen LogP contribution < -0.4 is 0 Å². The number of aromatic nitrogens is 2. The summed E-state index contributed by atoms with van der Waals surface area (Å²) in [6, 6.07) is 0. The number of hydrogen-bond acceptors (Lipinski definition) is 5. The third kappa shape index (κ3) is 3.58. The van der Waals surface area contributed by atoms with Crippen LogP contribution in [-0.2, 0) is 16.8 Å². The molecule has 1 N–H and O–H groups in total. The van der Waals surface area contributed by atoms with Crippen LogP contribution >= 0.6 is 0 Å². The topological polar surface area (TPSA) is 68.4 Å². The Morgan fingerprint density at radius 3 is 3.00 bits per heavy atom. The van der Waals surface area contributed by atoms with Crippen LogP contribution in [0.1, 0.15) is 64.1 Å². The quantitative estimate of drug-likeness (QED) is 0.779. The summed E-state index contributed by atoms with van der Waals surface area (Å²) in [5.41, 5.74) is -0.356. The highest BCUT2D eigenvalue weighted by Gasteiger charge is 2.41. The fourth-order valence-corrected chi connectivity index (χ4v) is 3.11. The van der Waals surface area contributed by atoms with Crippen LogP contribution in [0, 0.1) is 5.92 Å². The molecule has 0 bridgehead atoms. The first-order chi connectivity index (χ1) is 9.70. The Bertz CT molecular complexity index is 404. The zero-order valence-corrected chi connectivity index (χ0v) is 12.6. The van der Waals surface area contributed by atoms with Crippen molar-refractivity contribution in [2.45, 2.75) is 64.4 Å². The number of aliphatic hydroxyl groups excluding tert-OH is 1. The highest BCUT2D eigenvalue weighted by molar-refractivity contribution is 5.04. The third-order valence-corrected chi connectivity index (χ3v) is 4.05. The first kappa shape index (κ1) is 15.4. The van der Waals surface area contributed by atoms with Crippen molar-refractivity contribution < 1.29 is 14.4 Å². The van der Waals surface area contributed by atoms with Crippen LogP contribution in [0.2, 0.25) is 0 Å². The lowest BCUT2D eigenvalue weighted by Gasteiger charge is -2.37. The summed E-state index contributed by atoms with van der Waals surface area (Å²) < 4.78 is 11.4. The SMILES string of the molecule is CCOC1(c2noc(CCCCO)n2)CCCC(C)C1. The molecule has 1 aliphatic rings. The lowest BCUT2D eigenvalue weighted by atomic mass is 9.78. The number of hydrogen-bond donors (Lipinski definition) is 1. The summed E-state index contributed by atoms with van der Waals surface area (Å²) in [5.74, 6) is 2.00. The predicted molar refractivity (Wildman–Crippen MR) is 75.3 cm³/mol. The molecule has 2 atom stereocenters. The largest absolute Gasteiger partial charge is 0.396 e. The molecule has 2 unspecified atom stereocenters. The molecule has 5 heteroatoms. The normalized spacial score (nSPS) is 26.9. The molecule has 0 amide bonds. The van der Waals surface area contributed by atoms with E-state index in [4.69, 9.17) is 14.4 Å². The average Bonchev–Trinajstić information content (AvgIpc) is 2.89. The van der Waals surface area contributed by atoms with Gasteiger partial charge in [0.2, 0.25) is 11.7 Å². The summed E-state index contributed by atoms with van der Waals surface area (Å²) >= 11 is 0. The Balaban J connectivity index is 2.09. The van der Waals surface area contributed by atoms with Crippen LogP contribution in [0.25, 0.3) is 0 Å². The Kier molecular flexibility index (Phi) is 5.54.